The molecule has 0 radical (unpaired) electrons. The number of hydrogen-bond donors (Lipinski definition) is 1. The lowest BCUT2D eigenvalue weighted by molar-refractivity contribution is -0.304. The van der Waals surface area contributed by atoms with Crippen molar-refractivity contribution in [1.82, 2.24) is 4.98 Å². The molecule has 2 aromatic carbocycles. The lowest BCUT2D eigenvalue weighted by Gasteiger charge is -2.07. The predicted molar refractivity (Wildman–Crippen MR) is 77.5 cm³/mol. The third kappa shape index (κ3) is 2.98. The zero-order valence-corrected chi connectivity index (χ0v) is 11.6. The van der Waals surface area contributed by atoms with E-state index in [-0.39, 0.29) is 6.42 Å². The first-order valence-corrected chi connectivity index (χ1v) is 6.60. The number of carboxylic acid groups (broad SMARTS) is 1. The Balaban J connectivity index is 1.85. The number of anilines is 2. The summed E-state index contributed by atoms with van der Waals surface area (Å²) >= 11 is 6.12. The van der Waals surface area contributed by atoms with Crippen molar-refractivity contribution >= 4 is 40.4 Å². The van der Waals surface area contributed by atoms with Gasteiger partial charge in [-0.2, -0.15) is 4.98 Å². The summed E-state index contributed by atoms with van der Waals surface area (Å²) in [5.74, 6) is -1.15. The van der Waals surface area contributed by atoms with E-state index in [1.54, 1.807) is 18.2 Å². The molecule has 106 valence electrons. The average molecular weight is 302 g/mol. The van der Waals surface area contributed by atoms with Crippen molar-refractivity contribution in [2.45, 2.75) is 6.42 Å². The molecule has 1 aromatic heterocycles. The van der Waals surface area contributed by atoms with Crippen LogP contribution < -0.4 is 10.4 Å². The van der Waals surface area contributed by atoms with Crippen molar-refractivity contribution in [1.29, 1.82) is 0 Å². The second kappa shape index (κ2) is 5.46. The Kier molecular flexibility index (Phi) is 3.50. The first-order chi connectivity index (χ1) is 10.1. The van der Waals surface area contributed by atoms with Gasteiger partial charge in [0.25, 0.3) is 6.01 Å². The molecule has 0 saturated heterocycles. The zero-order chi connectivity index (χ0) is 14.8. The highest BCUT2D eigenvalue weighted by Crippen LogP contribution is 2.28. The molecule has 0 bridgehead atoms. The van der Waals surface area contributed by atoms with Gasteiger partial charge < -0.3 is 19.6 Å². The SMILES string of the molecule is O=C([O-])Cc1ccc(Nc2nc3ccccc3o2)c(Cl)c1. The van der Waals surface area contributed by atoms with Crippen LogP contribution in [0.1, 0.15) is 5.56 Å². The van der Waals surface area contributed by atoms with Crippen molar-refractivity contribution in [3.8, 4) is 0 Å². The summed E-state index contributed by atoms with van der Waals surface area (Å²) in [5.41, 5.74) is 2.57. The lowest BCUT2D eigenvalue weighted by atomic mass is 10.1. The summed E-state index contributed by atoms with van der Waals surface area (Å²) in [6.45, 7) is 0. The second-order valence-electron chi connectivity index (χ2n) is 4.47. The van der Waals surface area contributed by atoms with Gasteiger partial charge in [0, 0.05) is 12.4 Å². The molecule has 0 saturated carbocycles. The smallest absolute Gasteiger partial charge is 0.300 e. The molecule has 0 atom stereocenters. The number of para-hydroxylation sites is 2. The maximum atomic E-state index is 10.6. The van der Waals surface area contributed by atoms with E-state index >= 15 is 0 Å². The Morgan fingerprint density at radius 1 is 1.29 bits per heavy atom. The molecule has 0 aliphatic carbocycles. The molecular weight excluding hydrogens is 292 g/mol. The van der Waals surface area contributed by atoms with Gasteiger partial charge in [-0.25, -0.2) is 0 Å². The number of fused-ring (bicyclic) bond motifs is 1. The van der Waals surface area contributed by atoms with Gasteiger partial charge in [0.1, 0.15) is 5.52 Å². The Morgan fingerprint density at radius 2 is 2.10 bits per heavy atom. The molecule has 0 unspecified atom stereocenters. The molecular formula is C15H10ClN2O3-. The second-order valence-corrected chi connectivity index (χ2v) is 4.88. The molecule has 5 nitrogen and oxygen atoms in total. The normalized spacial score (nSPS) is 10.7. The predicted octanol–water partition coefficient (Wildman–Crippen LogP) is 2.52. The zero-order valence-electron chi connectivity index (χ0n) is 10.8. The van der Waals surface area contributed by atoms with Gasteiger partial charge in [-0.1, -0.05) is 29.8 Å². The van der Waals surface area contributed by atoms with E-state index in [1.807, 2.05) is 24.3 Å². The Labute approximate surface area is 125 Å². The third-order valence-corrected chi connectivity index (χ3v) is 3.23. The number of hydrogen-bond acceptors (Lipinski definition) is 5. The number of carboxylic acids is 1. The minimum Gasteiger partial charge on any atom is -0.550 e. The van der Waals surface area contributed by atoms with Gasteiger partial charge in [0.05, 0.1) is 10.7 Å². The fourth-order valence-electron chi connectivity index (χ4n) is 1.98. The number of benzene rings is 2. The molecule has 1 heterocycles. The maximum Gasteiger partial charge on any atom is 0.300 e. The molecule has 0 amide bonds. The van der Waals surface area contributed by atoms with Crippen molar-refractivity contribution in [2.75, 3.05) is 5.32 Å². The highest BCUT2D eigenvalue weighted by atomic mass is 35.5. The van der Waals surface area contributed by atoms with Crippen LogP contribution in [0.15, 0.2) is 46.9 Å². The summed E-state index contributed by atoms with van der Waals surface area (Å²) in [7, 11) is 0. The van der Waals surface area contributed by atoms with E-state index in [1.165, 1.54) is 0 Å². The van der Waals surface area contributed by atoms with Crippen molar-refractivity contribution in [3.05, 3.63) is 53.1 Å². The van der Waals surface area contributed by atoms with Crippen molar-refractivity contribution in [2.24, 2.45) is 0 Å². The molecule has 0 aliphatic heterocycles. The quantitative estimate of drug-likeness (QED) is 0.801. The largest absolute Gasteiger partial charge is 0.550 e. The molecule has 0 aliphatic rings. The summed E-state index contributed by atoms with van der Waals surface area (Å²) in [4.78, 5) is 14.8. The van der Waals surface area contributed by atoms with Crippen LogP contribution in [0.5, 0.6) is 0 Å². The Hall–Kier alpha value is -2.53. The minimum absolute atomic E-state index is 0.178. The van der Waals surface area contributed by atoms with Crippen LogP contribution in [0.25, 0.3) is 11.1 Å². The van der Waals surface area contributed by atoms with Gasteiger partial charge >= 0.3 is 0 Å². The number of halogens is 1. The van der Waals surface area contributed by atoms with Crippen LogP contribution in [0, 0.1) is 0 Å². The maximum absolute atomic E-state index is 10.6. The van der Waals surface area contributed by atoms with Crippen LogP contribution in [0.3, 0.4) is 0 Å². The fraction of sp³-hybridized carbons (Fsp3) is 0.0667. The van der Waals surface area contributed by atoms with Gasteiger partial charge in [-0.15, -0.1) is 0 Å². The van der Waals surface area contributed by atoms with Crippen LogP contribution in [-0.2, 0) is 11.2 Å². The highest BCUT2D eigenvalue weighted by Gasteiger charge is 2.08. The number of nitrogens with one attached hydrogen (secondary N) is 1. The Morgan fingerprint density at radius 3 is 2.81 bits per heavy atom. The fourth-order valence-corrected chi connectivity index (χ4v) is 2.23. The van der Waals surface area contributed by atoms with E-state index in [0.29, 0.717) is 27.9 Å². The average Bonchev–Trinajstić information content (AvgIpc) is 2.83. The molecule has 0 fully saturated rings. The highest BCUT2D eigenvalue weighted by molar-refractivity contribution is 6.33. The van der Waals surface area contributed by atoms with E-state index in [0.717, 1.165) is 5.52 Å². The summed E-state index contributed by atoms with van der Waals surface area (Å²) in [6, 6.07) is 12.6. The lowest BCUT2D eigenvalue weighted by Crippen LogP contribution is -2.24. The molecule has 6 heteroatoms. The van der Waals surface area contributed by atoms with Gasteiger partial charge in [-0.05, 0) is 29.8 Å². The number of oxazole rings is 1. The van der Waals surface area contributed by atoms with Crippen molar-refractivity contribution in [3.63, 3.8) is 0 Å². The molecule has 3 rings (SSSR count). The van der Waals surface area contributed by atoms with Crippen LogP contribution in [0.4, 0.5) is 11.7 Å². The van der Waals surface area contributed by atoms with Gasteiger partial charge in [0.2, 0.25) is 0 Å². The van der Waals surface area contributed by atoms with E-state index in [4.69, 9.17) is 16.0 Å². The summed E-state index contributed by atoms with van der Waals surface area (Å²) in [5, 5.41) is 13.9. The van der Waals surface area contributed by atoms with Crippen LogP contribution >= 0.6 is 11.6 Å². The topological polar surface area (TPSA) is 78.2 Å². The summed E-state index contributed by atoms with van der Waals surface area (Å²) < 4.78 is 5.54. The van der Waals surface area contributed by atoms with E-state index < -0.39 is 5.97 Å². The summed E-state index contributed by atoms with van der Waals surface area (Å²) in [6.07, 6.45) is -0.178. The standard InChI is InChI=1S/C15H11ClN2O3/c16-10-7-9(8-14(19)20)5-6-11(10)17-15-18-12-3-1-2-4-13(12)21-15/h1-7H,8H2,(H,17,18)(H,19,20)/p-1. The van der Waals surface area contributed by atoms with Crippen LogP contribution in [-0.4, -0.2) is 11.0 Å². The molecule has 21 heavy (non-hydrogen) atoms. The first kappa shape index (κ1) is 13.5. The Bertz CT molecular complexity index is 781. The van der Waals surface area contributed by atoms with Gasteiger partial charge in [0.15, 0.2) is 5.58 Å². The number of rotatable bonds is 4. The van der Waals surface area contributed by atoms with E-state index in [9.17, 15) is 9.90 Å². The monoisotopic (exact) mass is 301 g/mol. The van der Waals surface area contributed by atoms with Crippen molar-refractivity contribution < 1.29 is 14.3 Å². The molecule has 3 aromatic rings. The number of nitrogens with zero attached hydrogens (tertiary/aromatic N) is 1. The van der Waals surface area contributed by atoms with E-state index in [2.05, 4.69) is 10.3 Å². The number of carbonyl (C=O) groups is 1. The van der Waals surface area contributed by atoms with Gasteiger partial charge in [-0.3, -0.25) is 0 Å². The number of aromatic nitrogens is 1. The molecule has 0 spiro atoms. The number of aliphatic carboxylic acids is 1. The number of carbonyl (C=O) groups excluding carboxylic acids is 1. The molecule has 1 N–H and O–H groups in total. The first-order valence-electron chi connectivity index (χ1n) is 6.23. The third-order valence-electron chi connectivity index (χ3n) is 2.92. The minimum atomic E-state index is -1.15. The van der Waals surface area contributed by atoms with Crippen LogP contribution in [0.2, 0.25) is 5.02 Å².